The fraction of sp³-hybridized carbons (Fsp3) is 0.941. The lowest BCUT2D eigenvalue weighted by molar-refractivity contribution is -0.485. The monoisotopic (exact) mass is 298 g/mol. The summed E-state index contributed by atoms with van der Waals surface area (Å²) < 4.78 is 5.95. The first kappa shape index (κ1) is 16.9. The second kappa shape index (κ2) is 7.70. The maximum absolute atomic E-state index is 12.0. The van der Waals surface area contributed by atoms with Gasteiger partial charge in [-0.15, -0.1) is 0 Å². The van der Waals surface area contributed by atoms with Crippen LogP contribution in [0.15, 0.2) is 0 Å². The number of carbonyl (C=O) groups excluding carboxylic acids is 1. The summed E-state index contributed by atoms with van der Waals surface area (Å²) in [5, 5.41) is 0. The molecule has 122 valence electrons. The van der Waals surface area contributed by atoms with E-state index in [1.165, 1.54) is 32.1 Å². The van der Waals surface area contributed by atoms with Crippen LogP contribution >= 0.6 is 0 Å². The Kier molecular flexibility index (Phi) is 6.20. The number of hydrogen-bond donors (Lipinski definition) is 0. The zero-order chi connectivity index (χ0) is 15.3. The average Bonchev–Trinajstić information content (AvgIpc) is 2.47. The summed E-state index contributed by atoms with van der Waals surface area (Å²) in [7, 11) is 0. The van der Waals surface area contributed by atoms with Crippen molar-refractivity contribution in [3.63, 3.8) is 0 Å². The number of ketones is 1. The molecule has 2 bridgehead atoms. The van der Waals surface area contributed by atoms with E-state index in [4.69, 9.17) is 14.5 Å². The fourth-order valence-electron chi connectivity index (χ4n) is 3.25. The summed E-state index contributed by atoms with van der Waals surface area (Å²) >= 11 is 0. The van der Waals surface area contributed by atoms with Crippen molar-refractivity contribution >= 4 is 5.78 Å². The molecule has 21 heavy (non-hydrogen) atoms. The van der Waals surface area contributed by atoms with Gasteiger partial charge < -0.3 is 4.74 Å². The lowest BCUT2D eigenvalue weighted by atomic mass is 9.75. The largest absolute Gasteiger partial charge is 0.347 e. The Morgan fingerprint density at radius 3 is 2.71 bits per heavy atom. The second-order valence-electron chi connectivity index (χ2n) is 6.74. The van der Waals surface area contributed by atoms with Gasteiger partial charge in [0.05, 0.1) is 6.61 Å². The van der Waals surface area contributed by atoms with Crippen molar-refractivity contribution in [2.24, 2.45) is 11.8 Å². The minimum absolute atomic E-state index is 0.0515. The van der Waals surface area contributed by atoms with E-state index in [9.17, 15) is 4.79 Å². The normalized spacial score (nSPS) is 36.0. The molecule has 0 radical (unpaired) electrons. The van der Waals surface area contributed by atoms with Crippen LogP contribution in [0.25, 0.3) is 0 Å². The molecular formula is C17H30O4. The highest BCUT2D eigenvalue weighted by Crippen LogP contribution is 2.42. The van der Waals surface area contributed by atoms with E-state index >= 15 is 0 Å². The maximum atomic E-state index is 12.0. The predicted molar refractivity (Wildman–Crippen MR) is 80.6 cm³/mol. The van der Waals surface area contributed by atoms with E-state index < -0.39 is 5.79 Å². The zero-order valence-electron chi connectivity index (χ0n) is 13.7. The van der Waals surface area contributed by atoms with Crippen LogP contribution in [-0.4, -0.2) is 24.3 Å². The van der Waals surface area contributed by atoms with Crippen molar-refractivity contribution < 1.29 is 19.3 Å². The van der Waals surface area contributed by atoms with Crippen LogP contribution in [0.3, 0.4) is 0 Å². The molecule has 0 aromatic rings. The molecule has 0 spiro atoms. The molecule has 2 aliphatic rings. The van der Waals surface area contributed by atoms with Gasteiger partial charge in [-0.25, -0.2) is 9.78 Å². The highest BCUT2D eigenvalue weighted by Gasteiger charge is 2.50. The maximum Gasteiger partial charge on any atom is 0.202 e. The molecule has 1 aliphatic heterocycles. The molecule has 0 amide bonds. The molecule has 4 nitrogen and oxygen atoms in total. The topological polar surface area (TPSA) is 44.8 Å². The van der Waals surface area contributed by atoms with Crippen LogP contribution in [-0.2, 0) is 19.3 Å². The lowest BCUT2D eigenvalue weighted by Crippen LogP contribution is -2.54. The Balaban J connectivity index is 1.71. The number of hydrogen-bond acceptors (Lipinski definition) is 4. The number of fused-ring (bicyclic) bond motifs is 2. The van der Waals surface area contributed by atoms with Gasteiger partial charge in [0, 0.05) is 18.3 Å². The van der Waals surface area contributed by atoms with Crippen LogP contribution in [0.1, 0.15) is 72.1 Å². The Morgan fingerprint density at radius 1 is 1.24 bits per heavy atom. The lowest BCUT2D eigenvalue weighted by Gasteiger charge is -2.46. The minimum Gasteiger partial charge on any atom is -0.347 e. The van der Waals surface area contributed by atoms with Gasteiger partial charge in [0.1, 0.15) is 11.9 Å². The molecule has 0 unspecified atom stereocenters. The summed E-state index contributed by atoms with van der Waals surface area (Å²) in [6.45, 7) is 6.74. The average molecular weight is 298 g/mol. The summed E-state index contributed by atoms with van der Waals surface area (Å²) in [5.74, 6) is -0.409. The minimum atomic E-state index is -0.754. The molecule has 4 atom stereocenters. The first-order valence-corrected chi connectivity index (χ1v) is 8.58. The highest BCUT2D eigenvalue weighted by atomic mass is 17.2. The molecule has 1 saturated carbocycles. The standard InChI is InChI=1S/C17H30O4/c1-4-5-6-7-8-9-10-19-17(3)14-11-15(18)13(2)16(12-14)20-21-17/h13-14,16H,4-12H2,1-3H3/t13-,14-,16-,17+/m1/s1. The Morgan fingerprint density at radius 2 is 1.95 bits per heavy atom. The zero-order valence-corrected chi connectivity index (χ0v) is 13.7. The van der Waals surface area contributed by atoms with Crippen molar-refractivity contribution in [2.75, 3.05) is 6.61 Å². The van der Waals surface area contributed by atoms with Gasteiger partial charge in [-0.2, -0.15) is 0 Å². The van der Waals surface area contributed by atoms with Gasteiger partial charge in [0.2, 0.25) is 5.79 Å². The van der Waals surface area contributed by atoms with Crippen molar-refractivity contribution in [3.05, 3.63) is 0 Å². The number of carbonyl (C=O) groups is 1. The number of ether oxygens (including phenoxy) is 1. The van der Waals surface area contributed by atoms with Gasteiger partial charge >= 0.3 is 0 Å². The molecular weight excluding hydrogens is 268 g/mol. The van der Waals surface area contributed by atoms with Crippen molar-refractivity contribution in [1.82, 2.24) is 0 Å². The number of Topliss-reactive ketones (excluding diaryl/α,β-unsaturated/α-hetero) is 1. The fourth-order valence-corrected chi connectivity index (χ4v) is 3.25. The van der Waals surface area contributed by atoms with E-state index in [1.807, 2.05) is 13.8 Å². The molecule has 0 aromatic heterocycles. The number of unbranched alkanes of at least 4 members (excludes halogenated alkanes) is 5. The Bertz CT molecular complexity index is 344. The Hall–Kier alpha value is -0.450. The molecule has 1 heterocycles. The molecule has 0 N–H and O–H groups in total. The summed E-state index contributed by atoms with van der Waals surface area (Å²) in [4.78, 5) is 22.9. The molecule has 2 rings (SSSR count). The summed E-state index contributed by atoms with van der Waals surface area (Å²) in [6.07, 6.45) is 8.73. The van der Waals surface area contributed by atoms with E-state index in [2.05, 4.69) is 6.92 Å². The van der Waals surface area contributed by atoms with Crippen LogP contribution < -0.4 is 0 Å². The van der Waals surface area contributed by atoms with E-state index in [-0.39, 0.29) is 23.7 Å². The van der Waals surface area contributed by atoms with Gasteiger partial charge in [-0.05, 0) is 19.8 Å². The molecule has 2 fully saturated rings. The molecule has 0 aromatic carbocycles. The van der Waals surface area contributed by atoms with Crippen LogP contribution in [0.5, 0.6) is 0 Å². The smallest absolute Gasteiger partial charge is 0.202 e. The highest BCUT2D eigenvalue weighted by molar-refractivity contribution is 5.82. The second-order valence-corrected chi connectivity index (χ2v) is 6.74. The van der Waals surface area contributed by atoms with E-state index in [0.29, 0.717) is 13.0 Å². The molecule has 1 aliphatic carbocycles. The van der Waals surface area contributed by atoms with Crippen molar-refractivity contribution in [3.8, 4) is 0 Å². The van der Waals surface area contributed by atoms with Crippen LogP contribution in [0.2, 0.25) is 0 Å². The van der Waals surface area contributed by atoms with Gasteiger partial charge in [0.25, 0.3) is 0 Å². The van der Waals surface area contributed by atoms with Gasteiger partial charge in [-0.3, -0.25) is 4.79 Å². The van der Waals surface area contributed by atoms with Crippen LogP contribution in [0, 0.1) is 11.8 Å². The quantitative estimate of drug-likeness (QED) is 0.501. The third kappa shape index (κ3) is 4.27. The first-order valence-electron chi connectivity index (χ1n) is 8.58. The van der Waals surface area contributed by atoms with Gasteiger partial charge in [-0.1, -0.05) is 46.0 Å². The summed E-state index contributed by atoms with van der Waals surface area (Å²) in [6, 6.07) is 0. The number of rotatable bonds is 8. The van der Waals surface area contributed by atoms with E-state index in [1.54, 1.807) is 0 Å². The van der Waals surface area contributed by atoms with Crippen molar-refractivity contribution in [2.45, 2.75) is 84.0 Å². The predicted octanol–water partition coefficient (Wildman–Crippen LogP) is 4.03. The Labute approximate surface area is 128 Å². The third-order valence-electron chi connectivity index (χ3n) is 5.00. The molecule has 4 heteroatoms. The van der Waals surface area contributed by atoms with Crippen LogP contribution in [0.4, 0.5) is 0 Å². The van der Waals surface area contributed by atoms with E-state index in [0.717, 1.165) is 12.8 Å². The molecule has 1 saturated heterocycles. The van der Waals surface area contributed by atoms with Crippen molar-refractivity contribution in [1.29, 1.82) is 0 Å². The van der Waals surface area contributed by atoms with Gasteiger partial charge in [0.15, 0.2) is 0 Å². The first-order chi connectivity index (χ1) is 10.1. The summed E-state index contributed by atoms with van der Waals surface area (Å²) in [5.41, 5.74) is 0. The SMILES string of the molecule is CCCCCCCCO[C@@]1(C)OO[C@@H]2C[C@H]1CC(=O)[C@H]2C. The third-order valence-corrected chi connectivity index (χ3v) is 5.00.